The third-order valence-corrected chi connectivity index (χ3v) is 4.86. The predicted octanol–water partition coefficient (Wildman–Crippen LogP) is 3.73. The molecule has 0 heterocycles. The topological polar surface area (TPSA) is 20.2 Å². The molecule has 2 fully saturated rings. The molecule has 92 valence electrons. The third-order valence-electron chi connectivity index (χ3n) is 4.86. The molecule has 1 nitrogen and oxygen atoms in total. The number of fused-ring (bicyclic) bond motifs is 1. The summed E-state index contributed by atoms with van der Waals surface area (Å²) in [5.41, 5.74) is 1.34. The van der Waals surface area contributed by atoms with Gasteiger partial charge in [-0.15, -0.1) is 0 Å². The summed E-state index contributed by atoms with van der Waals surface area (Å²) in [6.45, 7) is 0. The Kier molecular flexibility index (Phi) is 3.19. The lowest BCUT2D eigenvalue weighted by Crippen LogP contribution is -2.35. The van der Waals surface area contributed by atoms with Gasteiger partial charge in [0.2, 0.25) is 0 Å². The predicted molar refractivity (Wildman–Crippen MR) is 69.9 cm³/mol. The van der Waals surface area contributed by atoms with Crippen LogP contribution in [0.2, 0.25) is 0 Å². The SMILES string of the molecule is O[C@H]1C[C@@H]2CCCC[C@H]2C[C@@H]1c1ccccc1. The zero-order valence-corrected chi connectivity index (χ0v) is 10.4. The van der Waals surface area contributed by atoms with E-state index in [4.69, 9.17) is 0 Å². The zero-order chi connectivity index (χ0) is 11.7. The summed E-state index contributed by atoms with van der Waals surface area (Å²) in [6.07, 6.45) is 7.64. The number of rotatable bonds is 1. The Morgan fingerprint density at radius 1 is 0.882 bits per heavy atom. The largest absolute Gasteiger partial charge is 0.392 e. The second-order valence-corrected chi connectivity index (χ2v) is 5.86. The van der Waals surface area contributed by atoms with E-state index in [-0.39, 0.29) is 6.10 Å². The summed E-state index contributed by atoms with van der Waals surface area (Å²) < 4.78 is 0. The van der Waals surface area contributed by atoms with Crippen molar-refractivity contribution in [2.75, 3.05) is 0 Å². The Labute approximate surface area is 104 Å². The molecule has 17 heavy (non-hydrogen) atoms. The molecule has 4 atom stereocenters. The van der Waals surface area contributed by atoms with Crippen molar-refractivity contribution in [2.24, 2.45) is 11.8 Å². The van der Waals surface area contributed by atoms with Crippen LogP contribution in [0.5, 0.6) is 0 Å². The molecule has 0 unspecified atom stereocenters. The summed E-state index contributed by atoms with van der Waals surface area (Å²) in [7, 11) is 0. The smallest absolute Gasteiger partial charge is 0.0611 e. The van der Waals surface area contributed by atoms with Crippen molar-refractivity contribution >= 4 is 0 Å². The Morgan fingerprint density at radius 2 is 1.53 bits per heavy atom. The number of aliphatic hydroxyl groups is 1. The summed E-state index contributed by atoms with van der Waals surface area (Å²) in [5.74, 6) is 2.06. The van der Waals surface area contributed by atoms with Crippen molar-refractivity contribution < 1.29 is 5.11 Å². The first-order valence-electron chi connectivity index (χ1n) is 7.07. The molecule has 0 radical (unpaired) electrons. The lowest BCUT2D eigenvalue weighted by Gasteiger charge is -2.42. The van der Waals surface area contributed by atoms with Crippen molar-refractivity contribution in [3.8, 4) is 0 Å². The van der Waals surface area contributed by atoms with Gasteiger partial charge in [-0.25, -0.2) is 0 Å². The number of benzene rings is 1. The van der Waals surface area contributed by atoms with Gasteiger partial charge in [-0.2, -0.15) is 0 Å². The van der Waals surface area contributed by atoms with E-state index in [9.17, 15) is 5.11 Å². The van der Waals surface area contributed by atoms with Gasteiger partial charge in [-0.1, -0.05) is 56.0 Å². The van der Waals surface area contributed by atoms with E-state index < -0.39 is 0 Å². The standard InChI is InChI=1S/C16H22O/c17-16-11-14-9-5-4-8-13(14)10-15(16)12-6-2-1-3-7-12/h1-3,6-7,13-17H,4-5,8-11H2/t13-,14-,15+,16-/m0/s1. The minimum Gasteiger partial charge on any atom is -0.392 e. The highest BCUT2D eigenvalue weighted by molar-refractivity contribution is 5.21. The third kappa shape index (κ3) is 2.26. The molecule has 0 amide bonds. The van der Waals surface area contributed by atoms with Crippen LogP contribution >= 0.6 is 0 Å². The molecule has 2 aliphatic carbocycles. The van der Waals surface area contributed by atoms with Gasteiger partial charge >= 0.3 is 0 Å². The fourth-order valence-electron chi connectivity index (χ4n) is 3.92. The van der Waals surface area contributed by atoms with Crippen LogP contribution in [0.3, 0.4) is 0 Å². The van der Waals surface area contributed by atoms with E-state index >= 15 is 0 Å². The normalized spacial score (nSPS) is 37.5. The molecule has 3 rings (SSSR count). The van der Waals surface area contributed by atoms with Gasteiger partial charge < -0.3 is 5.11 Å². The Balaban J connectivity index is 1.78. The molecule has 2 aliphatic rings. The monoisotopic (exact) mass is 230 g/mol. The highest BCUT2D eigenvalue weighted by Crippen LogP contribution is 2.46. The quantitative estimate of drug-likeness (QED) is 0.779. The fraction of sp³-hybridized carbons (Fsp3) is 0.625. The van der Waals surface area contributed by atoms with Crippen LogP contribution in [0, 0.1) is 11.8 Å². The Morgan fingerprint density at radius 3 is 2.24 bits per heavy atom. The van der Waals surface area contributed by atoms with Gasteiger partial charge in [0.25, 0.3) is 0 Å². The lowest BCUT2D eigenvalue weighted by atomic mass is 9.65. The van der Waals surface area contributed by atoms with Gasteiger partial charge in [-0.3, -0.25) is 0 Å². The van der Waals surface area contributed by atoms with E-state index in [1.165, 1.54) is 37.7 Å². The molecule has 0 aliphatic heterocycles. The summed E-state index contributed by atoms with van der Waals surface area (Å²) >= 11 is 0. The van der Waals surface area contributed by atoms with E-state index in [0.717, 1.165) is 18.3 Å². The van der Waals surface area contributed by atoms with Crippen molar-refractivity contribution in [3.63, 3.8) is 0 Å². The Hall–Kier alpha value is -0.820. The molecule has 1 aromatic rings. The highest BCUT2D eigenvalue weighted by Gasteiger charge is 2.37. The number of hydrogen-bond acceptors (Lipinski definition) is 1. The molecule has 0 aromatic heterocycles. The van der Waals surface area contributed by atoms with E-state index in [1.54, 1.807) is 0 Å². The molecule has 0 saturated heterocycles. The van der Waals surface area contributed by atoms with Gasteiger partial charge in [0.05, 0.1) is 6.10 Å². The molecule has 0 spiro atoms. The van der Waals surface area contributed by atoms with E-state index in [0.29, 0.717) is 5.92 Å². The van der Waals surface area contributed by atoms with Crippen LogP contribution in [0.1, 0.15) is 50.0 Å². The zero-order valence-electron chi connectivity index (χ0n) is 10.4. The molecule has 0 bridgehead atoms. The minimum absolute atomic E-state index is 0.114. The van der Waals surface area contributed by atoms with Crippen LogP contribution in [0.15, 0.2) is 30.3 Å². The fourth-order valence-corrected chi connectivity index (χ4v) is 3.92. The molecule has 1 heteroatoms. The maximum absolute atomic E-state index is 10.4. The molecule has 2 saturated carbocycles. The van der Waals surface area contributed by atoms with Crippen LogP contribution in [-0.4, -0.2) is 11.2 Å². The van der Waals surface area contributed by atoms with Crippen LogP contribution in [-0.2, 0) is 0 Å². The summed E-state index contributed by atoms with van der Waals surface area (Å²) in [5, 5.41) is 10.4. The van der Waals surface area contributed by atoms with Crippen molar-refractivity contribution in [2.45, 2.75) is 50.5 Å². The molecular formula is C16H22O. The van der Waals surface area contributed by atoms with Crippen LogP contribution in [0.4, 0.5) is 0 Å². The highest BCUT2D eigenvalue weighted by atomic mass is 16.3. The molecular weight excluding hydrogens is 208 g/mol. The van der Waals surface area contributed by atoms with Crippen molar-refractivity contribution in [1.29, 1.82) is 0 Å². The van der Waals surface area contributed by atoms with E-state index in [1.807, 2.05) is 0 Å². The van der Waals surface area contributed by atoms with Gasteiger partial charge in [0, 0.05) is 5.92 Å². The second kappa shape index (κ2) is 4.81. The first-order chi connectivity index (χ1) is 8.34. The second-order valence-electron chi connectivity index (χ2n) is 5.86. The molecule has 1 aromatic carbocycles. The van der Waals surface area contributed by atoms with Crippen molar-refractivity contribution in [1.82, 2.24) is 0 Å². The molecule has 1 N–H and O–H groups in total. The summed E-state index contributed by atoms with van der Waals surface area (Å²) in [6, 6.07) is 10.6. The van der Waals surface area contributed by atoms with Gasteiger partial charge in [0.15, 0.2) is 0 Å². The average molecular weight is 230 g/mol. The lowest BCUT2D eigenvalue weighted by molar-refractivity contribution is 0.0294. The van der Waals surface area contributed by atoms with Gasteiger partial charge in [-0.05, 0) is 30.2 Å². The first kappa shape index (κ1) is 11.3. The maximum atomic E-state index is 10.4. The van der Waals surface area contributed by atoms with Gasteiger partial charge in [0.1, 0.15) is 0 Å². The Bertz CT molecular complexity index is 359. The summed E-state index contributed by atoms with van der Waals surface area (Å²) in [4.78, 5) is 0. The minimum atomic E-state index is -0.114. The van der Waals surface area contributed by atoms with E-state index in [2.05, 4.69) is 30.3 Å². The van der Waals surface area contributed by atoms with Crippen LogP contribution in [0.25, 0.3) is 0 Å². The first-order valence-corrected chi connectivity index (χ1v) is 7.07. The van der Waals surface area contributed by atoms with Crippen molar-refractivity contribution in [3.05, 3.63) is 35.9 Å². The maximum Gasteiger partial charge on any atom is 0.0611 e. The number of aliphatic hydroxyl groups excluding tert-OH is 1. The number of hydrogen-bond donors (Lipinski definition) is 1. The average Bonchev–Trinajstić information content (AvgIpc) is 2.39. The van der Waals surface area contributed by atoms with Crippen LogP contribution < -0.4 is 0 Å².